The van der Waals surface area contributed by atoms with Crippen LogP contribution in [0.5, 0.6) is 0 Å². The third kappa shape index (κ3) is 3.67. The van der Waals surface area contributed by atoms with Crippen molar-refractivity contribution in [3.63, 3.8) is 0 Å². The van der Waals surface area contributed by atoms with Gasteiger partial charge in [-0.05, 0) is 60.9 Å². The highest BCUT2D eigenvalue weighted by molar-refractivity contribution is 5.96. The second kappa shape index (κ2) is 7.12. The summed E-state index contributed by atoms with van der Waals surface area (Å²) in [5.74, 6) is -0.824. The molecule has 1 aromatic heterocycles. The van der Waals surface area contributed by atoms with Gasteiger partial charge in [0.25, 0.3) is 0 Å². The smallest absolute Gasteiger partial charge is 0.335 e. The maximum absolute atomic E-state index is 13.5. The van der Waals surface area contributed by atoms with E-state index in [-0.39, 0.29) is 11.4 Å². The van der Waals surface area contributed by atoms with Gasteiger partial charge in [0.15, 0.2) is 0 Å². The largest absolute Gasteiger partial charge is 0.478 e. The van der Waals surface area contributed by atoms with Gasteiger partial charge >= 0.3 is 5.97 Å². The van der Waals surface area contributed by atoms with E-state index >= 15 is 0 Å². The number of fused-ring (bicyclic) bond motifs is 1. The molecule has 0 aliphatic heterocycles. The molecule has 3 rings (SSSR count). The van der Waals surface area contributed by atoms with E-state index in [4.69, 9.17) is 4.98 Å². The fourth-order valence-electron chi connectivity index (χ4n) is 2.86. The van der Waals surface area contributed by atoms with Crippen LogP contribution in [0.1, 0.15) is 29.8 Å². The Balaban J connectivity index is 2.19. The van der Waals surface area contributed by atoms with Crippen LogP contribution in [0.25, 0.3) is 22.2 Å². The summed E-state index contributed by atoms with van der Waals surface area (Å²) in [6.45, 7) is 6.81. The van der Waals surface area contributed by atoms with Crippen molar-refractivity contribution in [3.05, 3.63) is 59.4 Å². The minimum absolute atomic E-state index is 0.222. The fraction of sp³-hybridized carbons (Fsp3) is 0.238. The first kappa shape index (κ1) is 17.9. The van der Waals surface area contributed by atoms with Gasteiger partial charge in [-0.1, -0.05) is 13.8 Å². The summed E-state index contributed by atoms with van der Waals surface area (Å²) in [6.07, 6.45) is 0. The number of aromatic carboxylic acids is 1. The predicted molar refractivity (Wildman–Crippen MR) is 102 cm³/mol. The van der Waals surface area contributed by atoms with Gasteiger partial charge in [0.05, 0.1) is 22.5 Å². The molecule has 0 saturated carbocycles. The molecule has 0 fully saturated rings. The number of aromatic nitrogens is 1. The van der Waals surface area contributed by atoms with E-state index in [0.29, 0.717) is 11.4 Å². The van der Waals surface area contributed by atoms with Crippen molar-refractivity contribution in [1.29, 1.82) is 0 Å². The van der Waals surface area contributed by atoms with Crippen molar-refractivity contribution in [3.8, 4) is 11.3 Å². The van der Waals surface area contributed by atoms with Gasteiger partial charge in [-0.15, -0.1) is 0 Å². The number of nitrogens with one attached hydrogen (secondary N) is 1. The summed E-state index contributed by atoms with van der Waals surface area (Å²) in [5.41, 5.74) is 4.11. The molecule has 1 heterocycles. The molecular formula is C21H21FN2O2. The molecule has 0 aliphatic carbocycles. The maximum Gasteiger partial charge on any atom is 0.335 e. The zero-order valence-electron chi connectivity index (χ0n) is 15.0. The summed E-state index contributed by atoms with van der Waals surface area (Å²) < 4.78 is 13.5. The first-order valence-corrected chi connectivity index (χ1v) is 8.53. The zero-order valence-corrected chi connectivity index (χ0v) is 15.0. The van der Waals surface area contributed by atoms with Crippen LogP contribution in [0.4, 0.5) is 10.1 Å². The molecule has 0 amide bonds. The first-order valence-electron chi connectivity index (χ1n) is 8.53. The van der Waals surface area contributed by atoms with Gasteiger partial charge in [0, 0.05) is 17.5 Å². The van der Waals surface area contributed by atoms with Gasteiger partial charge in [-0.25, -0.2) is 14.2 Å². The summed E-state index contributed by atoms with van der Waals surface area (Å²) in [7, 11) is 0. The van der Waals surface area contributed by atoms with Crippen LogP contribution < -0.4 is 5.32 Å². The number of pyridine rings is 1. The number of halogens is 1. The van der Waals surface area contributed by atoms with E-state index in [2.05, 4.69) is 19.2 Å². The number of hydrogen-bond donors (Lipinski definition) is 2. The van der Waals surface area contributed by atoms with Crippen molar-refractivity contribution in [2.75, 3.05) is 11.9 Å². The Hall–Kier alpha value is -2.95. The standard InChI is InChI=1S/C21H21FN2O2/c1-12(2)11-23-19-10-15-9-14(21(25)26)4-7-18(15)24-20(19)17-6-5-16(22)8-13(17)3/h4-10,12,23H,11H2,1-3H3,(H,25,26). The Morgan fingerprint density at radius 3 is 2.62 bits per heavy atom. The Morgan fingerprint density at radius 1 is 1.19 bits per heavy atom. The topological polar surface area (TPSA) is 62.2 Å². The molecular weight excluding hydrogens is 331 g/mol. The number of anilines is 1. The summed E-state index contributed by atoms with van der Waals surface area (Å²) >= 11 is 0. The lowest BCUT2D eigenvalue weighted by atomic mass is 10.0. The fourth-order valence-corrected chi connectivity index (χ4v) is 2.86. The number of rotatable bonds is 5. The number of nitrogens with zero attached hydrogens (tertiary/aromatic N) is 1. The molecule has 3 aromatic rings. The Kier molecular flexibility index (Phi) is 4.89. The molecule has 0 unspecified atom stereocenters. The molecule has 0 atom stereocenters. The highest BCUT2D eigenvalue weighted by atomic mass is 19.1. The minimum Gasteiger partial charge on any atom is -0.478 e. The summed E-state index contributed by atoms with van der Waals surface area (Å²) in [5, 5.41) is 13.4. The highest BCUT2D eigenvalue weighted by Gasteiger charge is 2.14. The number of carboxylic acids is 1. The average molecular weight is 352 g/mol. The SMILES string of the molecule is Cc1cc(F)ccc1-c1nc2ccc(C(=O)O)cc2cc1NCC(C)C. The first-order chi connectivity index (χ1) is 12.3. The lowest BCUT2D eigenvalue weighted by Crippen LogP contribution is -2.10. The van der Waals surface area contributed by atoms with Gasteiger partial charge in [0.2, 0.25) is 0 Å². The molecule has 26 heavy (non-hydrogen) atoms. The number of aryl methyl sites for hydroxylation is 1. The van der Waals surface area contributed by atoms with Crippen molar-refractivity contribution in [2.45, 2.75) is 20.8 Å². The van der Waals surface area contributed by atoms with Crippen LogP contribution in [0, 0.1) is 18.7 Å². The van der Waals surface area contributed by atoms with Crippen LogP contribution in [-0.4, -0.2) is 22.6 Å². The molecule has 2 N–H and O–H groups in total. The average Bonchev–Trinajstić information content (AvgIpc) is 2.58. The predicted octanol–water partition coefficient (Wildman–Crippen LogP) is 5.12. The maximum atomic E-state index is 13.5. The molecule has 2 aromatic carbocycles. The van der Waals surface area contributed by atoms with Gasteiger partial charge < -0.3 is 10.4 Å². The van der Waals surface area contributed by atoms with Crippen molar-refractivity contribution in [1.82, 2.24) is 4.98 Å². The van der Waals surface area contributed by atoms with Crippen LogP contribution in [-0.2, 0) is 0 Å². The van der Waals surface area contributed by atoms with Crippen molar-refractivity contribution < 1.29 is 14.3 Å². The van der Waals surface area contributed by atoms with Crippen LogP contribution in [0.3, 0.4) is 0 Å². The van der Waals surface area contributed by atoms with Crippen LogP contribution in [0.15, 0.2) is 42.5 Å². The van der Waals surface area contributed by atoms with Crippen molar-refractivity contribution >= 4 is 22.6 Å². The van der Waals surface area contributed by atoms with Gasteiger partial charge in [-0.2, -0.15) is 0 Å². The number of carbonyl (C=O) groups is 1. The monoisotopic (exact) mass is 352 g/mol. The lowest BCUT2D eigenvalue weighted by molar-refractivity contribution is 0.0697. The second-order valence-electron chi connectivity index (χ2n) is 6.83. The zero-order chi connectivity index (χ0) is 18.8. The van der Waals surface area contributed by atoms with E-state index in [1.807, 2.05) is 13.0 Å². The molecule has 5 heteroatoms. The molecule has 0 spiro atoms. The molecule has 0 bridgehead atoms. The normalized spacial score (nSPS) is 11.1. The molecule has 0 radical (unpaired) electrons. The third-order valence-electron chi connectivity index (χ3n) is 4.21. The van der Waals surface area contributed by atoms with E-state index < -0.39 is 5.97 Å². The molecule has 134 valence electrons. The van der Waals surface area contributed by atoms with Gasteiger partial charge in [0.1, 0.15) is 5.82 Å². The van der Waals surface area contributed by atoms with E-state index in [9.17, 15) is 14.3 Å². The highest BCUT2D eigenvalue weighted by Crippen LogP contribution is 2.32. The Morgan fingerprint density at radius 2 is 1.96 bits per heavy atom. The quantitative estimate of drug-likeness (QED) is 0.669. The van der Waals surface area contributed by atoms with Crippen molar-refractivity contribution in [2.24, 2.45) is 5.92 Å². The third-order valence-corrected chi connectivity index (χ3v) is 4.21. The van der Waals surface area contributed by atoms with E-state index in [1.165, 1.54) is 12.1 Å². The van der Waals surface area contributed by atoms with Gasteiger partial charge in [-0.3, -0.25) is 0 Å². The summed E-state index contributed by atoms with van der Waals surface area (Å²) in [6, 6.07) is 11.4. The Labute approximate surface area is 151 Å². The lowest BCUT2D eigenvalue weighted by Gasteiger charge is -2.16. The minimum atomic E-state index is -0.970. The van der Waals surface area contributed by atoms with Crippen LogP contribution >= 0.6 is 0 Å². The number of carboxylic acid groups (broad SMARTS) is 1. The molecule has 0 saturated heterocycles. The Bertz CT molecular complexity index is 983. The van der Waals surface area contributed by atoms with E-state index in [0.717, 1.165) is 34.4 Å². The molecule has 0 aliphatic rings. The number of hydrogen-bond acceptors (Lipinski definition) is 3. The van der Waals surface area contributed by atoms with E-state index in [1.54, 1.807) is 24.3 Å². The second-order valence-corrected chi connectivity index (χ2v) is 6.83. The van der Waals surface area contributed by atoms with Crippen LogP contribution in [0.2, 0.25) is 0 Å². The number of benzene rings is 2. The summed E-state index contributed by atoms with van der Waals surface area (Å²) in [4.78, 5) is 16.0. The molecule has 4 nitrogen and oxygen atoms in total.